The number of benzene rings is 1. The molecule has 0 aliphatic carbocycles. The van der Waals surface area contributed by atoms with E-state index in [0.717, 1.165) is 35.7 Å². The molecule has 2 aromatic rings. The number of hydrogen-bond acceptors (Lipinski definition) is 6. The van der Waals surface area contributed by atoms with Crippen LogP contribution in [0.5, 0.6) is 0 Å². The lowest BCUT2D eigenvalue weighted by Gasteiger charge is -2.50. The number of morpholine rings is 1. The van der Waals surface area contributed by atoms with Crippen molar-refractivity contribution in [1.82, 2.24) is 9.88 Å². The van der Waals surface area contributed by atoms with Crippen molar-refractivity contribution in [3.05, 3.63) is 58.8 Å². The molecule has 29 heavy (non-hydrogen) atoms. The maximum absolute atomic E-state index is 11.8. The van der Waals surface area contributed by atoms with E-state index in [-0.39, 0.29) is 6.04 Å². The second kappa shape index (κ2) is 8.11. The maximum atomic E-state index is 11.8. The van der Waals surface area contributed by atoms with Crippen LogP contribution >= 0.6 is 0 Å². The number of rotatable bonds is 3. The van der Waals surface area contributed by atoms with Gasteiger partial charge >= 0.3 is 0 Å². The predicted molar refractivity (Wildman–Crippen MR) is 112 cm³/mol. The Kier molecular flexibility index (Phi) is 5.55. The summed E-state index contributed by atoms with van der Waals surface area (Å²) in [6.07, 6.45) is 0.624. The standard InChI is InChI=1S/C23H28N4O2/c1-17-14-22(25-18(2)20(17)15-24)27-9-8-23(28,19-6-4-3-5-7-19)21(16-27)26-10-12-29-13-11-26/h3-7,14,21,28H,8-13,16H2,1-2H3/t21-,23+/m1/s1. The van der Waals surface area contributed by atoms with E-state index in [1.165, 1.54) is 0 Å². The van der Waals surface area contributed by atoms with Gasteiger partial charge in [-0.05, 0) is 37.5 Å². The van der Waals surface area contributed by atoms with Crippen LogP contribution < -0.4 is 4.90 Å². The molecule has 0 spiro atoms. The lowest BCUT2D eigenvalue weighted by atomic mass is 9.79. The van der Waals surface area contributed by atoms with Gasteiger partial charge in [-0.1, -0.05) is 30.3 Å². The van der Waals surface area contributed by atoms with Crippen molar-refractivity contribution in [3.8, 4) is 6.07 Å². The Morgan fingerprint density at radius 1 is 1.17 bits per heavy atom. The molecule has 2 atom stereocenters. The van der Waals surface area contributed by atoms with Gasteiger partial charge in [-0.3, -0.25) is 4.90 Å². The topological polar surface area (TPSA) is 72.6 Å². The molecule has 6 nitrogen and oxygen atoms in total. The van der Waals surface area contributed by atoms with Gasteiger partial charge in [0, 0.05) is 26.2 Å². The molecular weight excluding hydrogens is 364 g/mol. The van der Waals surface area contributed by atoms with Crippen molar-refractivity contribution < 1.29 is 9.84 Å². The zero-order valence-electron chi connectivity index (χ0n) is 17.1. The summed E-state index contributed by atoms with van der Waals surface area (Å²) in [7, 11) is 0. The summed E-state index contributed by atoms with van der Waals surface area (Å²) >= 11 is 0. The van der Waals surface area contributed by atoms with Crippen LogP contribution in [0.3, 0.4) is 0 Å². The van der Waals surface area contributed by atoms with E-state index < -0.39 is 5.60 Å². The van der Waals surface area contributed by atoms with E-state index in [9.17, 15) is 10.4 Å². The number of nitriles is 1. The Morgan fingerprint density at radius 3 is 2.55 bits per heavy atom. The molecule has 0 amide bonds. The van der Waals surface area contributed by atoms with E-state index >= 15 is 0 Å². The van der Waals surface area contributed by atoms with E-state index in [1.807, 2.05) is 50.2 Å². The minimum absolute atomic E-state index is 0.0550. The van der Waals surface area contributed by atoms with Crippen LogP contribution in [0.1, 0.15) is 28.8 Å². The van der Waals surface area contributed by atoms with E-state index in [4.69, 9.17) is 9.72 Å². The lowest BCUT2D eigenvalue weighted by molar-refractivity contribution is -0.0911. The second-order valence-corrected chi connectivity index (χ2v) is 8.02. The summed E-state index contributed by atoms with van der Waals surface area (Å²) in [5, 5.41) is 21.2. The van der Waals surface area contributed by atoms with Crippen molar-refractivity contribution >= 4 is 5.82 Å². The molecular formula is C23H28N4O2. The normalized spacial score (nSPS) is 25.6. The second-order valence-electron chi connectivity index (χ2n) is 8.02. The number of aromatic nitrogens is 1. The van der Waals surface area contributed by atoms with Crippen molar-refractivity contribution in [2.24, 2.45) is 0 Å². The van der Waals surface area contributed by atoms with Gasteiger partial charge in [0.15, 0.2) is 0 Å². The lowest BCUT2D eigenvalue weighted by Crippen LogP contribution is -2.62. The van der Waals surface area contributed by atoms with Gasteiger partial charge in [-0.25, -0.2) is 4.98 Å². The summed E-state index contributed by atoms with van der Waals surface area (Å²) in [5.41, 5.74) is 2.41. The summed E-state index contributed by atoms with van der Waals surface area (Å²) in [5.74, 6) is 0.882. The SMILES string of the molecule is Cc1cc(N2CC[C@](O)(c3ccccc3)[C@H](N3CCOCC3)C2)nc(C)c1C#N. The van der Waals surface area contributed by atoms with Crippen LogP contribution in [0.2, 0.25) is 0 Å². The number of aryl methyl sites for hydroxylation is 2. The molecule has 1 N–H and O–H groups in total. The summed E-state index contributed by atoms with van der Waals surface area (Å²) in [6.45, 7) is 8.24. The molecule has 6 heteroatoms. The van der Waals surface area contributed by atoms with Gasteiger partial charge in [0.05, 0.1) is 30.5 Å². The van der Waals surface area contributed by atoms with Crippen molar-refractivity contribution in [3.63, 3.8) is 0 Å². The smallest absolute Gasteiger partial charge is 0.129 e. The van der Waals surface area contributed by atoms with E-state index in [1.54, 1.807) is 0 Å². The quantitative estimate of drug-likeness (QED) is 0.865. The zero-order valence-corrected chi connectivity index (χ0v) is 17.1. The fourth-order valence-corrected chi connectivity index (χ4v) is 4.64. The average Bonchev–Trinajstić information content (AvgIpc) is 2.75. The number of ether oxygens (including phenoxy) is 1. The first-order chi connectivity index (χ1) is 14.0. The molecule has 0 saturated carbocycles. The highest BCUT2D eigenvalue weighted by Gasteiger charge is 2.46. The highest BCUT2D eigenvalue weighted by molar-refractivity contribution is 5.51. The third kappa shape index (κ3) is 3.74. The predicted octanol–water partition coefficient (Wildman–Crippen LogP) is 2.37. The van der Waals surface area contributed by atoms with Gasteiger partial charge in [-0.15, -0.1) is 0 Å². The van der Waals surface area contributed by atoms with Crippen LogP contribution in [0.25, 0.3) is 0 Å². The molecule has 4 rings (SSSR count). The molecule has 0 unspecified atom stereocenters. The molecule has 3 heterocycles. The zero-order chi connectivity index (χ0) is 20.4. The Labute approximate surface area is 172 Å². The highest BCUT2D eigenvalue weighted by Crippen LogP contribution is 2.37. The first-order valence-corrected chi connectivity index (χ1v) is 10.3. The summed E-state index contributed by atoms with van der Waals surface area (Å²) < 4.78 is 5.55. The average molecular weight is 393 g/mol. The van der Waals surface area contributed by atoms with Crippen LogP contribution in [0, 0.1) is 25.2 Å². The molecule has 0 radical (unpaired) electrons. The summed E-state index contributed by atoms with van der Waals surface area (Å²) in [4.78, 5) is 9.31. The molecule has 152 valence electrons. The molecule has 0 bridgehead atoms. The number of nitrogens with zero attached hydrogens (tertiary/aromatic N) is 4. The highest BCUT2D eigenvalue weighted by atomic mass is 16.5. The van der Waals surface area contributed by atoms with Crippen LogP contribution in [0.15, 0.2) is 36.4 Å². The molecule has 2 aliphatic rings. The molecule has 2 saturated heterocycles. The summed E-state index contributed by atoms with van der Waals surface area (Å²) in [6, 6.07) is 14.2. The first kappa shape index (κ1) is 19.8. The van der Waals surface area contributed by atoms with Crippen molar-refractivity contribution in [2.45, 2.75) is 31.9 Å². The third-order valence-corrected chi connectivity index (χ3v) is 6.29. The van der Waals surface area contributed by atoms with E-state index in [2.05, 4.69) is 15.9 Å². The monoisotopic (exact) mass is 392 g/mol. The largest absolute Gasteiger partial charge is 0.383 e. The minimum atomic E-state index is -0.911. The Balaban J connectivity index is 1.67. The third-order valence-electron chi connectivity index (χ3n) is 6.29. The number of anilines is 1. The fourth-order valence-electron chi connectivity index (χ4n) is 4.64. The number of hydrogen-bond donors (Lipinski definition) is 1. The maximum Gasteiger partial charge on any atom is 0.129 e. The number of aliphatic hydroxyl groups is 1. The van der Waals surface area contributed by atoms with Gasteiger partial charge < -0.3 is 14.7 Å². The van der Waals surface area contributed by atoms with Gasteiger partial charge in [0.25, 0.3) is 0 Å². The van der Waals surface area contributed by atoms with E-state index in [0.29, 0.717) is 38.3 Å². The Bertz CT molecular complexity index is 882. The number of piperidine rings is 1. The molecule has 2 fully saturated rings. The van der Waals surface area contributed by atoms with Crippen LogP contribution in [-0.2, 0) is 10.3 Å². The van der Waals surface area contributed by atoms with Crippen LogP contribution in [0.4, 0.5) is 5.82 Å². The fraction of sp³-hybridized carbons (Fsp3) is 0.478. The molecule has 2 aliphatic heterocycles. The van der Waals surface area contributed by atoms with Crippen LogP contribution in [-0.4, -0.2) is 60.4 Å². The molecule has 1 aromatic heterocycles. The Morgan fingerprint density at radius 2 is 1.90 bits per heavy atom. The first-order valence-electron chi connectivity index (χ1n) is 10.3. The van der Waals surface area contributed by atoms with Crippen molar-refractivity contribution in [2.75, 3.05) is 44.3 Å². The minimum Gasteiger partial charge on any atom is -0.383 e. The molecule has 1 aromatic carbocycles. The van der Waals surface area contributed by atoms with Gasteiger partial charge in [-0.2, -0.15) is 5.26 Å². The van der Waals surface area contributed by atoms with Gasteiger partial charge in [0.1, 0.15) is 17.5 Å². The Hall–Kier alpha value is -2.46. The number of pyridine rings is 1. The van der Waals surface area contributed by atoms with Gasteiger partial charge in [0.2, 0.25) is 0 Å². The van der Waals surface area contributed by atoms with Crippen molar-refractivity contribution in [1.29, 1.82) is 5.26 Å².